The lowest BCUT2D eigenvalue weighted by atomic mass is 10.2. The third kappa shape index (κ3) is 3.54. The summed E-state index contributed by atoms with van der Waals surface area (Å²) >= 11 is 1.83. The maximum atomic E-state index is 5.78. The van der Waals surface area contributed by atoms with Crippen LogP contribution in [0, 0.1) is 0 Å². The first-order valence-corrected chi connectivity index (χ1v) is 6.97. The highest BCUT2D eigenvalue weighted by atomic mass is 32.1. The first-order chi connectivity index (χ1) is 7.74. The molecule has 16 heavy (non-hydrogen) atoms. The van der Waals surface area contributed by atoms with Gasteiger partial charge in [-0.3, -0.25) is 0 Å². The second-order valence-electron chi connectivity index (χ2n) is 4.70. The summed E-state index contributed by atoms with van der Waals surface area (Å²) in [5, 5.41) is 1.27. The van der Waals surface area contributed by atoms with Crippen LogP contribution in [0.3, 0.4) is 0 Å². The number of aromatic nitrogens is 1. The Labute approximate surface area is 102 Å². The fraction of sp³-hybridized carbons (Fsp3) is 0.750. The highest BCUT2D eigenvalue weighted by Gasteiger charge is 2.12. The van der Waals surface area contributed by atoms with Crippen LogP contribution < -0.4 is 5.73 Å². The molecule has 1 saturated heterocycles. The normalized spacial score (nSPS) is 19.1. The van der Waals surface area contributed by atoms with Gasteiger partial charge in [0.15, 0.2) is 0 Å². The van der Waals surface area contributed by atoms with E-state index in [4.69, 9.17) is 5.73 Å². The summed E-state index contributed by atoms with van der Waals surface area (Å²) in [5.74, 6) is 0. The summed E-state index contributed by atoms with van der Waals surface area (Å²) in [6, 6.07) is 0.242. The molecule has 1 fully saturated rings. The Morgan fingerprint density at radius 2 is 2.25 bits per heavy atom. The maximum absolute atomic E-state index is 5.78. The molecule has 90 valence electrons. The average Bonchev–Trinajstić information content (AvgIpc) is 2.84. The van der Waals surface area contributed by atoms with Crippen molar-refractivity contribution in [1.29, 1.82) is 0 Å². The highest BCUT2D eigenvalue weighted by Crippen LogP contribution is 2.16. The molecule has 3 nitrogen and oxygen atoms in total. The molecule has 0 spiro atoms. The van der Waals surface area contributed by atoms with Gasteiger partial charge >= 0.3 is 0 Å². The Morgan fingerprint density at radius 3 is 2.94 bits per heavy atom. The van der Waals surface area contributed by atoms with Crippen molar-refractivity contribution in [1.82, 2.24) is 9.88 Å². The lowest BCUT2D eigenvalue weighted by Gasteiger charge is -2.12. The molecule has 1 unspecified atom stereocenters. The van der Waals surface area contributed by atoms with Crippen LogP contribution in [-0.2, 0) is 12.8 Å². The summed E-state index contributed by atoms with van der Waals surface area (Å²) in [7, 11) is 0. The number of hydrogen-bond donors (Lipinski definition) is 1. The molecule has 2 N–H and O–H groups in total. The first-order valence-electron chi connectivity index (χ1n) is 6.15. The number of thiazole rings is 1. The van der Waals surface area contributed by atoms with Gasteiger partial charge in [-0.2, -0.15) is 0 Å². The molecule has 1 atom stereocenters. The van der Waals surface area contributed by atoms with Crippen LogP contribution in [0.5, 0.6) is 0 Å². The molecule has 4 heteroatoms. The number of likely N-dealkylation sites (tertiary alicyclic amines) is 1. The van der Waals surface area contributed by atoms with Crippen LogP contribution in [0.2, 0.25) is 0 Å². The van der Waals surface area contributed by atoms with E-state index in [2.05, 4.69) is 9.88 Å². The molecule has 0 radical (unpaired) electrons. The minimum atomic E-state index is 0.242. The number of nitrogens with zero attached hydrogens (tertiary/aromatic N) is 2. The van der Waals surface area contributed by atoms with Crippen molar-refractivity contribution in [3.63, 3.8) is 0 Å². The third-order valence-corrected chi connectivity index (χ3v) is 4.04. The van der Waals surface area contributed by atoms with E-state index < -0.39 is 0 Å². The summed E-state index contributed by atoms with van der Waals surface area (Å²) < 4.78 is 0. The van der Waals surface area contributed by atoms with Gasteiger partial charge in [0, 0.05) is 30.1 Å². The molecule has 1 aliphatic heterocycles. The van der Waals surface area contributed by atoms with Crippen molar-refractivity contribution >= 4 is 11.3 Å². The zero-order chi connectivity index (χ0) is 11.4. The second kappa shape index (κ2) is 5.75. The minimum absolute atomic E-state index is 0.242. The molecular weight excluding hydrogens is 218 g/mol. The minimum Gasteiger partial charge on any atom is -0.328 e. The Hall–Kier alpha value is -0.450. The van der Waals surface area contributed by atoms with Crippen molar-refractivity contribution in [2.75, 3.05) is 19.6 Å². The van der Waals surface area contributed by atoms with Gasteiger partial charge in [-0.25, -0.2) is 4.98 Å². The quantitative estimate of drug-likeness (QED) is 0.850. The summed E-state index contributed by atoms with van der Waals surface area (Å²) in [6.07, 6.45) is 6.79. The van der Waals surface area contributed by atoms with Gasteiger partial charge in [-0.05, 0) is 39.3 Å². The van der Waals surface area contributed by atoms with Crippen molar-refractivity contribution < 1.29 is 0 Å². The molecule has 0 saturated carbocycles. The van der Waals surface area contributed by atoms with Crippen molar-refractivity contribution in [2.24, 2.45) is 5.73 Å². The maximum Gasteiger partial charge on any atom is 0.0940 e. The molecule has 1 aliphatic rings. The van der Waals surface area contributed by atoms with E-state index >= 15 is 0 Å². The number of nitrogens with two attached hydrogens (primary N) is 1. The van der Waals surface area contributed by atoms with Crippen LogP contribution in [-0.4, -0.2) is 35.6 Å². The SMILES string of the molecule is CC(N)Cc1cnc(CCN2CCCC2)s1. The lowest BCUT2D eigenvalue weighted by Crippen LogP contribution is -2.21. The molecule has 1 aromatic rings. The predicted molar refractivity (Wildman–Crippen MR) is 68.8 cm³/mol. The molecule has 2 rings (SSSR count). The number of hydrogen-bond acceptors (Lipinski definition) is 4. The lowest BCUT2D eigenvalue weighted by molar-refractivity contribution is 0.343. The van der Waals surface area contributed by atoms with E-state index in [0.29, 0.717) is 0 Å². The highest BCUT2D eigenvalue weighted by molar-refractivity contribution is 7.11. The molecule has 2 heterocycles. The molecule has 0 bridgehead atoms. The van der Waals surface area contributed by atoms with E-state index in [1.807, 2.05) is 24.5 Å². The fourth-order valence-corrected chi connectivity index (χ4v) is 3.19. The zero-order valence-electron chi connectivity index (χ0n) is 9.98. The van der Waals surface area contributed by atoms with Crippen LogP contribution in [0.25, 0.3) is 0 Å². The van der Waals surface area contributed by atoms with Gasteiger partial charge in [0.2, 0.25) is 0 Å². The molecule has 0 amide bonds. The Kier molecular flexibility index (Phi) is 4.32. The first kappa shape index (κ1) is 12.0. The summed E-state index contributed by atoms with van der Waals surface area (Å²) in [5.41, 5.74) is 5.78. The predicted octanol–water partition coefficient (Wildman–Crippen LogP) is 1.67. The van der Waals surface area contributed by atoms with Gasteiger partial charge in [-0.1, -0.05) is 0 Å². The summed E-state index contributed by atoms with van der Waals surface area (Å²) in [4.78, 5) is 8.33. The van der Waals surface area contributed by atoms with Crippen molar-refractivity contribution in [3.05, 3.63) is 16.1 Å². The molecule has 0 aliphatic carbocycles. The summed E-state index contributed by atoms with van der Waals surface area (Å²) in [6.45, 7) is 5.77. The number of rotatable bonds is 5. The standard InChI is InChI=1S/C12H21N3S/c1-10(13)8-11-9-14-12(16-11)4-7-15-5-2-3-6-15/h9-10H,2-8,13H2,1H3. The molecular formula is C12H21N3S. The smallest absolute Gasteiger partial charge is 0.0940 e. The Bertz CT molecular complexity index is 316. The van der Waals surface area contributed by atoms with Crippen LogP contribution in [0.4, 0.5) is 0 Å². The van der Waals surface area contributed by atoms with Gasteiger partial charge in [-0.15, -0.1) is 11.3 Å². The Morgan fingerprint density at radius 1 is 1.50 bits per heavy atom. The second-order valence-corrected chi connectivity index (χ2v) is 5.90. The van der Waals surface area contributed by atoms with E-state index in [1.54, 1.807) is 0 Å². The average molecular weight is 239 g/mol. The van der Waals surface area contributed by atoms with Crippen molar-refractivity contribution in [3.8, 4) is 0 Å². The zero-order valence-corrected chi connectivity index (χ0v) is 10.8. The third-order valence-electron chi connectivity index (χ3n) is 2.97. The van der Waals surface area contributed by atoms with Gasteiger partial charge in [0.25, 0.3) is 0 Å². The van der Waals surface area contributed by atoms with E-state index in [0.717, 1.165) is 12.8 Å². The van der Waals surface area contributed by atoms with E-state index in [1.165, 1.54) is 42.4 Å². The fourth-order valence-electron chi connectivity index (χ4n) is 2.14. The van der Waals surface area contributed by atoms with Gasteiger partial charge < -0.3 is 10.6 Å². The van der Waals surface area contributed by atoms with Gasteiger partial charge in [0.05, 0.1) is 5.01 Å². The van der Waals surface area contributed by atoms with Gasteiger partial charge in [0.1, 0.15) is 0 Å². The largest absolute Gasteiger partial charge is 0.328 e. The van der Waals surface area contributed by atoms with Crippen LogP contribution in [0.1, 0.15) is 29.7 Å². The molecule has 0 aromatic carbocycles. The topological polar surface area (TPSA) is 42.1 Å². The Balaban J connectivity index is 1.78. The monoisotopic (exact) mass is 239 g/mol. The van der Waals surface area contributed by atoms with Crippen LogP contribution >= 0.6 is 11.3 Å². The van der Waals surface area contributed by atoms with E-state index in [-0.39, 0.29) is 6.04 Å². The van der Waals surface area contributed by atoms with E-state index in [9.17, 15) is 0 Å². The van der Waals surface area contributed by atoms with Crippen molar-refractivity contribution in [2.45, 2.75) is 38.6 Å². The molecule has 1 aromatic heterocycles. The van der Waals surface area contributed by atoms with Crippen LogP contribution in [0.15, 0.2) is 6.20 Å².